The zero-order chi connectivity index (χ0) is 11.3. The van der Waals surface area contributed by atoms with Gasteiger partial charge in [-0.1, -0.05) is 19.0 Å². The van der Waals surface area contributed by atoms with Crippen LogP contribution in [0.15, 0.2) is 5.16 Å². The molecule has 0 heterocycles. The van der Waals surface area contributed by atoms with Crippen LogP contribution < -0.4 is 11.1 Å². The fourth-order valence-corrected chi connectivity index (χ4v) is 1.81. The highest BCUT2D eigenvalue weighted by molar-refractivity contribution is 5.79. The Labute approximate surface area is 91.9 Å². The standard InChI is InChI=1S/C11H23N3O/c1-11(2)7-9(11)8-13-6-4-3-5-10(12)14-15/h9,13,15H,3-8H2,1-2H3,(H2,12,14). The van der Waals surface area contributed by atoms with Crippen molar-refractivity contribution >= 4 is 5.84 Å². The van der Waals surface area contributed by atoms with E-state index in [0.717, 1.165) is 31.8 Å². The summed E-state index contributed by atoms with van der Waals surface area (Å²) in [6.45, 7) is 6.80. The van der Waals surface area contributed by atoms with Gasteiger partial charge in [-0.3, -0.25) is 0 Å². The van der Waals surface area contributed by atoms with Gasteiger partial charge < -0.3 is 16.3 Å². The van der Waals surface area contributed by atoms with Gasteiger partial charge >= 0.3 is 0 Å². The molecule has 1 rings (SSSR count). The number of oxime groups is 1. The Morgan fingerprint density at radius 1 is 1.53 bits per heavy atom. The first-order chi connectivity index (χ1) is 7.06. The lowest BCUT2D eigenvalue weighted by atomic mass is 10.1. The normalized spacial score (nSPS) is 24.1. The van der Waals surface area contributed by atoms with Crippen molar-refractivity contribution in [3.05, 3.63) is 0 Å². The second kappa shape index (κ2) is 5.35. The highest BCUT2D eigenvalue weighted by atomic mass is 16.4. The second-order valence-corrected chi connectivity index (χ2v) is 5.14. The van der Waals surface area contributed by atoms with Crippen molar-refractivity contribution in [2.45, 2.75) is 39.5 Å². The highest BCUT2D eigenvalue weighted by Gasteiger charge is 2.44. The van der Waals surface area contributed by atoms with Crippen LogP contribution in [-0.4, -0.2) is 24.1 Å². The van der Waals surface area contributed by atoms with E-state index in [1.807, 2.05) is 0 Å². The van der Waals surface area contributed by atoms with Gasteiger partial charge in [0.15, 0.2) is 0 Å². The molecule has 0 aromatic heterocycles. The first-order valence-electron chi connectivity index (χ1n) is 5.73. The zero-order valence-electron chi connectivity index (χ0n) is 9.79. The predicted molar refractivity (Wildman–Crippen MR) is 62.0 cm³/mol. The summed E-state index contributed by atoms with van der Waals surface area (Å²) in [5, 5.41) is 14.7. The average Bonchev–Trinajstić information content (AvgIpc) is 2.79. The van der Waals surface area contributed by atoms with Crippen LogP contribution in [0.2, 0.25) is 0 Å². The van der Waals surface area contributed by atoms with E-state index in [1.54, 1.807) is 0 Å². The van der Waals surface area contributed by atoms with Gasteiger partial charge in [0.25, 0.3) is 0 Å². The summed E-state index contributed by atoms with van der Waals surface area (Å²) >= 11 is 0. The van der Waals surface area contributed by atoms with Crippen LogP contribution in [-0.2, 0) is 0 Å². The van der Waals surface area contributed by atoms with Gasteiger partial charge in [-0.2, -0.15) is 0 Å². The van der Waals surface area contributed by atoms with E-state index in [1.165, 1.54) is 6.42 Å². The number of nitrogens with zero attached hydrogens (tertiary/aromatic N) is 1. The molecule has 1 saturated carbocycles. The molecular formula is C11H23N3O. The molecule has 4 nitrogen and oxygen atoms in total. The van der Waals surface area contributed by atoms with Crippen molar-refractivity contribution in [3.8, 4) is 0 Å². The lowest BCUT2D eigenvalue weighted by molar-refractivity contribution is 0.316. The first kappa shape index (κ1) is 12.3. The molecule has 1 aliphatic rings. The quantitative estimate of drug-likeness (QED) is 0.197. The molecule has 4 heteroatoms. The third-order valence-corrected chi connectivity index (χ3v) is 3.27. The van der Waals surface area contributed by atoms with Crippen LogP contribution in [0.3, 0.4) is 0 Å². The number of amidine groups is 1. The minimum atomic E-state index is 0.332. The summed E-state index contributed by atoms with van der Waals surface area (Å²) in [6, 6.07) is 0. The van der Waals surface area contributed by atoms with E-state index in [4.69, 9.17) is 10.9 Å². The summed E-state index contributed by atoms with van der Waals surface area (Å²) in [5.41, 5.74) is 5.93. The Hall–Kier alpha value is -0.770. The molecule has 0 amide bonds. The number of nitrogens with two attached hydrogens (primary N) is 1. The number of nitrogens with one attached hydrogen (secondary N) is 1. The molecule has 1 unspecified atom stereocenters. The van der Waals surface area contributed by atoms with Crippen LogP contribution in [0.1, 0.15) is 39.5 Å². The largest absolute Gasteiger partial charge is 0.409 e. The molecule has 0 bridgehead atoms. The molecule has 0 saturated heterocycles. The molecule has 0 aromatic rings. The maximum atomic E-state index is 8.32. The Kier molecular flexibility index (Phi) is 4.39. The molecule has 4 N–H and O–H groups in total. The fourth-order valence-electron chi connectivity index (χ4n) is 1.81. The number of rotatable bonds is 7. The smallest absolute Gasteiger partial charge is 0.139 e. The minimum Gasteiger partial charge on any atom is -0.409 e. The molecule has 15 heavy (non-hydrogen) atoms. The Morgan fingerprint density at radius 2 is 2.20 bits per heavy atom. The van der Waals surface area contributed by atoms with E-state index in [0.29, 0.717) is 17.7 Å². The lowest BCUT2D eigenvalue weighted by Gasteiger charge is -2.05. The molecule has 1 atom stereocenters. The van der Waals surface area contributed by atoms with Crippen LogP contribution >= 0.6 is 0 Å². The van der Waals surface area contributed by atoms with Crippen molar-refractivity contribution in [1.82, 2.24) is 5.32 Å². The molecule has 1 fully saturated rings. The summed E-state index contributed by atoms with van der Waals surface area (Å²) in [5.74, 6) is 1.19. The molecule has 0 aliphatic heterocycles. The van der Waals surface area contributed by atoms with E-state index < -0.39 is 0 Å². The SMILES string of the molecule is CC1(C)CC1CNCCCCC(N)=NO. The monoisotopic (exact) mass is 213 g/mol. The molecule has 88 valence electrons. The zero-order valence-corrected chi connectivity index (χ0v) is 9.79. The Morgan fingerprint density at radius 3 is 2.73 bits per heavy atom. The van der Waals surface area contributed by atoms with Crippen molar-refractivity contribution in [1.29, 1.82) is 0 Å². The van der Waals surface area contributed by atoms with Crippen molar-refractivity contribution in [2.75, 3.05) is 13.1 Å². The fraction of sp³-hybridized carbons (Fsp3) is 0.909. The van der Waals surface area contributed by atoms with Gasteiger partial charge in [-0.25, -0.2) is 0 Å². The summed E-state index contributed by atoms with van der Waals surface area (Å²) in [7, 11) is 0. The van der Waals surface area contributed by atoms with Gasteiger partial charge in [-0.15, -0.1) is 0 Å². The van der Waals surface area contributed by atoms with E-state index >= 15 is 0 Å². The second-order valence-electron chi connectivity index (χ2n) is 5.14. The van der Waals surface area contributed by atoms with E-state index in [9.17, 15) is 0 Å². The van der Waals surface area contributed by atoms with Gasteiger partial charge in [0.2, 0.25) is 0 Å². The Bertz CT molecular complexity index is 226. The molecule has 1 aliphatic carbocycles. The summed E-state index contributed by atoms with van der Waals surface area (Å²) < 4.78 is 0. The van der Waals surface area contributed by atoms with Gasteiger partial charge in [0.1, 0.15) is 5.84 Å². The number of hydrogen-bond donors (Lipinski definition) is 3. The maximum absolute atomic E-state index is 8.32. The summed E-state index contributed by atoms with van der Waals surface area (Å²) in [4.78, 5) is 0. The molecule has 0 aromatic carbocycles. The van der Waals surface area contributed by atoms with Crippen LogP contribution in [0, 0.1) is 11.3 Å². The highest BCUT2D eigenvalue weighted by Crippen LogP contribution is 2.50. The third-order valence-electron chi connectivity index (χ3n) is 3.27. The molecule has 0 radical (unpaired) electrons. The van der Waals surface area contributed by atoms with Crippen LogP contribution in [0.4, 0.5) is 0 Å². The van der Waals surface area contributed by atoms with Crippen molar-refractivity contribution in [3.63, 3.8) is 0 Å². The van der Waals surface area contributed by atoms with Gasteiger partial charge in [0, 0.05) is 6.42 Å². The maximum Gasteiger partial charge on any atom is 0.139 e. The number of unbranched alkanes of at least 4 members (excludes halogenated alkanes) is 1. The van der Waals surface area contributed by atoms with Gasteiger partial charge in [0.05, 0.1) is 0 Å². The molecule has 0 spiro atoms. The third kappa shape index (κ3) is 4.51. The van der Waals surface area contributed by atoms with Crippen molar-refractivity contribution < 1.29 is 5.21 Å². The average molecular weight is 213 g/mol. The number of hydrogen-bond acceptors (Lipinski definition) is 3. The minimum absolute atomic E-state index is 0.332. The van der Waals surface area contributed by atoms with Crippen LogP contribution in [0.5, 0.6) is 0 Å². The topological polar surface area (TPSA) is 70.6 Å². The lowest BCUT2D eigenvalue weighted by Crippen LogP contribution is -2.20. The van der Waals surface area contributed by atoms with Crippen molar-refractivity contribution in [2.24, 2.45) is 22.2 Å². The van der Waals surface area contributed by atoms with E-state index in [-0.39, 0.29) is 0 Å². The molecular weight excluding hydrogens is 190 g/mol. The predicted octanol–water partition coefficient (Wildman–Crippen LogP) is 1.54. The van der Waals surface area contributed by atoms with E-state index in [2.05, 4.69) is 24.3 Å². The summed E-state index contributed by atoms with van der Waals surface area (Å²) in [6.07, 6.45) is 4.11. The van der Waals surface area contributed by atoms with Crippen LogP contribution in [0.25, 0.3) is 0 Å². The first-order valence-corrected chi connectivity index (χ1v) is 5.73. The van der Waals surface area contributed by atoms with Gasteiger partial charge in [-0.05, 0) is 43.7 Å². The Balaban J connectivity index is 1.86.